The molecule has 1 N–H and O–H groups in total. The topological polar surface area (TPSA) is 58.6 Å². The molecule has 1 aliphatic heterocycles. The summed E-state index contributed by atoms with van der Waals surface area (Å²) in [6, 6.07) is 14.1. The van der Waals surface area contributed by atoms with Crippen LogP contribution in [0.2, 0.25) is 10.0 Å². The summed E-state index contributed by atoms with van der Waals surface area (Å²) in [4.78, 5) is 26.4. The molecule has 2 aromatic rings. The molecule has 1 fully saturated rings. The highest BCUT2D eigenvalue weighted by molar-refractivity contribution is 6.42. The van der Waals surface area contributed by atoms with Gasteiger partial charge in [-0.1, -0.05) is 41.4 Å². The number of para-hydroxylation sites is 1. The minimum Gasteiger partial charge on any atom is -0.484 e. The predicted octanol–water partition coefficient (Wildman–Crippen LogP) is 3.79. The molecule has 5 nitrogen and oxygen atoms in total. The SMILES string of the molecule is O=C(COc1ccccc1)NC1CCN(C(=O)c2ccc(Cl)c(Cl)c2)CC1. The number of benzene rings is 2. The zero-order chi connectivity index (χ0) is 19.2. The van der Waals surface area contributed by atoms with Crippen LogP contribution in [-0.4, -0.2) is 42.5 Å². The van der Waals surface area contributed by atoms with Gasteiger partial charge in [0.25, 0.3) is 11.8 Å². The van der Waals surface area contributed by atoms with Crippen molar-refractivity contribution in [2.24, 2.45) is 0 Å². The van der Waals surface area contributed by atoms with Gasteiger partial charge in [0, 0.05) is 24.7 Å². The second-order valence-corrected chi connectivity index (χ2v) is 7.18. The molecule has 0 unspecified atom stereocenters. The lowest BCUT2D eigenvalue weighted by Crippen LogP contribution is -2.47. The van der Waals surface area contributed by atoms with Gasteiger partial charge in [0.1, 0.15) is 5.75 Å². The first-order valence-corrected chi connectivity index (χ1v) is 9.50. The van der Waals surface area contributed by atoms with E-state index in [-0.39, 0.29) is 24.5 Å². The maximum atomic E-state index is 12.6. The summed E-state index contributed by atoms with van der Waals surface area (Å²) in [7, 11) is 0. The fourth-order valence-electron chi connectivity index (χ4n) is 2.97. The van der Waals surface area contributed by atoms with Gasteiger partial charge in [0.2, 0.25) is 0 Å². The van der Waals surface area contributed by atoms with Crippen molar-refractivity contribution in [1.82, 2.24) is 10.2 Å². The Kier molecular flexibility index (Phi) is 6.58. The van der Waals surface area contributed by atoms with Crippen LogP contribution >= 0.6 is 23.2 Å². The molecule has 0 aliphatic carbocycles. The summed E-state index contributed by atoms with van der Waals surface area (Å²) in [6.45, 7) is 1.12. The number of nitrogens with zero attached hydrogens (tertiary/aromatic N) is 1. The van der Waals surface area contributed by atoms with Crippen LogP contribution in [0.4, 0.5) is 0 Å². The van der Waals surface area contributed by atoms with E-state index < -0.39 is 0 Å². The van der Waals surface area contributed by atoms with Gasteiger partial charge < -0.3 is 15.0 Å². The third kappa shape index (κ3) is 5.37. The number of ether oxygens (including phenoxy) is 1. The Hall–Kier alpha value is -2.24. The molecule has 3 rings (SSSR count). The van der Waals surface area contributed by atoms with E-state index in [1.807, 2.05) is 18.2 Å². The molecule has 1 saturated heterocycles. The fourth-order valence-corrected chi connectivity index (χ4v) is 3.27. The molecule has 0 radical (unpaired) electrons. The van der Waals surface area contributed by atoms with Crippen LogP contribution in [0.25, 0.3) is 0 Å². The summed E-state index contributed by atoms with van der Waals surface area (Å²) >= 11 is 11.9. The summed E-state index contributed by atoms with van der Waals surface area (Å²) in [5, 5.41) is 3.75. The van der Waals surface area contributed by atoms with Crippen molar-refractivity contribution in [1.29, 1.82) is 0 Å². The first-order chi connectivity index (χ1) is 13.0. The number of rotatable bonds is 5. The summed E-state index contributed by atoms with van der Waals surface area (Å²) in [5.74, 6) is 0.425. The molecule has 0 saturated carbocycles. The number of likely N-dealkylation sites (tertiary alicyclic amines) is 1. The predicted molar refractivity (Wildman–Crippen MR) is 105 cm³/mol. The van der Waals surface area contributed by atoms with Crippen LogP contribution in [0.3, 0.4) is 0 Å². The fraction of sp³-hybridized carbons (Fsp3) is 0.300. The molecule has 142 valence electrons. The lowest BCUT2D eigenvalue weighted by Gasteiger charge is -2.32. The normalized spacial score (nSPS) is 14.7. The number of carbonyl (C=O) groups excluding carboxylic acids is 2. The first kappa shape index (κ1) is 19.5. The molecule has 7 heteroatoms. The van der Waals surface area contributed by atoms with Crippen molar-refractivity contribution in [3.63, 3.8) is 0 Å². The number of hydrogen-bond donors (Lipinski definition) is 1. The molecule has 0 atom stereocenters. The van der Waals surface area contributed by atoms with Crippen LogP contribution in [-0.2, 0) is 4.79 Å². The van der Waals surface area contributed by atoms with Crippen LogP contribution in [0.5, 0.6) is 5.75 Å². The average Bonchev–Trinajstić information content (AvgIpc) is 2.69. The third-order valence-electron chi connectivity index (χ3n) is 4.43. The van der Waals surface area contributed by atoms with Gasteiger partial charge in [0.05, 0.1) is 10.0 Å². The second-order valence-electron chi connectivity index (χ2n) is 6.36. The van der Waals surface area contributed by atoms with Crippen molar-refractivity contribution >= 4 is 35.0 Å². The highest BCUT2D eigenvalue weighted by Crippen LogP contribution is 2.24. The van der Waals surface area contributed by atoms with Gasteiger partial charge >= 0.3 is 0 Å². The molecular weight excluding hydrogens is 387 g/mol. The Labute approximate surface area is 168 Å². The summed E-state index contributed by atoms with van der Waals surface area (Å²) in [6.07, 6.45) is 1.40. The summed E-state index contributed by atoms with van der Waals surface area (Å²) < 4.78 is 5.45. The van der Waals surface area contributed by atoms with Gasteiger partial charge in [-0.25, -0.2) is 0 Å². The molecule has 27 heavy (non-hydrogen) atoms. The highest BCUT2D eigenvalue weighted by atomic mass is 35.5. The Bertz CT molecular complexity index is 806. The number of amides is 2. The molecule has 0 aromatic heterocycles. The minimum absolute atomic E-state index is 0.0214. The van der Waals surface area contributed by atoms with Crippen molar-refractivity contribution in [3.8, 4) is 5.75 Å². The first-order valence-electron chi connectivity index (χ1n) is 8.74. The van der Waals surface area contributed by atoms with E-state index in [4.69, 9.17) is 27.9 Å². The maximum Gasteiger partial charge on any atom is 0.258 e. The number of nitrogens with one attached hydrogen (secondary N) is 1. The van der Waals surface area contributed by atoms with Gasteiger partial charge in [0.15, 0.2) is 6.61 Å². The molecule has 0 bridgehead atoms. The van der Waals surface area contributed by atoms with E-state index in [0.29, 0.717) is 47.3 Å². The van der Waals surface area contributed by atoms with E-state index in [1.165, 1.54) is 0 Å². The van der Waals surface area contributed by atoms with Gasteiger partial charge in [-0.3, -0.25) is 9.59 Å². The average molecular weight is 407 g/mol. The van der Waals surface area contributed by atoms with Crippen molar-refractivity contribution in [2.75, 3.05) is 19.7 Å². The second kappa shape index (κ2) is 9.11. The van der Waals surface area contributed by atoms with Crippen molar-refractivity contribution in [2.45, 2.75) is 18.9 Å². The van der Waals surface area contributed by atoms with Crippen LogP contribution < -0.4 is 10.1 Å². The smallest absolute Gasteiger partial charge is 0.258 e. The molecule has 2 amide bonds. The lowest BCUT2D eigenvalue weighted by atomic mass is 10.0. The van der Waals surface area contributed by atoms with Crippen LogP contribution in [0.1, 0.15) is 23.2 Å². The van der Waals surface area contributed by atoms with E-state index in [0.717, 1.165) is 0 Å². The highest BCUT2D eigenvalue weighted by Gasteiger charge is 2.25. The Morgan fingerprint density at radius 1 is 1.04 bits per heavy atom. The van der Waals surface area contributed by atoms with Gasteiger partial charge in [-0.2, -0.15) is 0 Å². The molecule has 0 spiro atoms. The van der Waals surface area contributed by atoms with Gasteiger partial charge in [-0.15, -0.1) is 0 Å². The summed E-state index contributed by atoms with van der Waals surface area (Å²) in [5.41, 5.74) is 0.517. The zero-order valence-electron chi connectivity index (χ0n) is 14.7. The minimum atomic E-state index is -0.159. The van der Waals surface area contributed by atoms with E-state index in [1.54, 1.807) is 35.2 Å². The quantitative estimate of drug-likeness (QED) is 0.821. The third-order valence-corrected chi connectivity index (χ3v) is 5.17. The number of hydrogen-bond acceptors (Lipinski definition) is 3. The Morgan fingerprint density at radius 2 is 1.74 bits per heavy atom. The largest absolute Gasteiger partial charge is 0.484 e. The van der Waals surface area contributed by atoms with E-state index >= 15 is 0 Å². The Balaban J connectivity index is 1.45. The number of halogens is 2. The van der Waals surface area contributed by atoms with E-state index in [2.05, 4.69) is 5.32 Å². The number of piperidine rings is 1. The van der Waals surface area contributed by atoms with Crippen LogP contribution in [0, 0.1) is 0 Å². The van der Waals surface area contributed by atoms with Crippen molar-refractivity contribution < 1.29 is 14.3 Å². The van der Waals surface area contributed by atoms with E-state index in [9.17, 15) is 9.59 Å². The standard InChI is InChI=1S/C20H20Cl2N2O3/c21-17-7-6-14(12-18(17)22)20(26)24-10-8-15(9-11-24)23-19(25)13-27-16-4-2-1-3-5-16/h1-7,12,15H,8-11,13H2,(H,23,25). The lowest BCUT2D eigenvalue weighted by molar-refractivity contribution is -0.124. The molecule has 1 heterocycles. The monoisotopic (exact) mass is 406 g/mol. The van der Waals surface area contributed by atoms with Crippen molar-refractivity contribution in [3.05, 3.63) is 64.1 Å². The van der Waals surface area contributed by atoms with Crippen LogP contribution in [0.15, 0.2) is 48.5 Å². The van der Waals surface area contributed by atoms with Gasteiger partial charge in [-0.05, 0) is 43.2 Å². The molecule has 1 aliphatic rings. The Morgan fingerprint density at radius 3 is 2.41 bits per heavy atom. The molecule has 2 aromatic carbocycles. The number of carbonyl (C=O) groups is 2. The zero-order valence-corrected chi connectivity index (χ0v) is 16.2. The molecular formula is C20H20Cl2N2O3. The maximum absolute atomic E-state index is 12.6.